The summed E-state index contributed by atoms with van der Waals surface area (Å²) in [6.45, 7) is 3.60. The number of hydrogen-bond donors (Lipinski definition) is 3. The van der Waals surface area contributed by atoms with Crippen LogP contribution in [0.3, 0.4) is 0 Å². The van der Waals surface area contributed by atoms with Crippen LogP contribution in [0.1, 0.15) is 47.5 Å². The number of sulfonamides is 1. The highest BCUT2D eigenvalue weighted by molar-refractivity contribution is 7.93. The molecule has 1 aliphatic carbocycles. The van der Waals surface area contributed by atoms with Gasteiger partial charge in [0.2, 0.25) is 5.91 Å². The summed E-state index contributed by atoms with van der Waals surface area (Å²) in [5, 5.41) is 5.65. The summed E-state index contributed by atoms with van der Waals surface area (Å²) < 4.78 is 34.3. The molecule has 1 aromatic carbocycles. The van der Waals surface area contributed by atoms with E-state index in [2.05, 4.69) is 15.4 Å². The number of rotatable bonds is 7. The molecular weight excluding hydrogens is 426 g/mol. The van der Waals surface area contributed by atoms with Crippen LogP contribution in [0.5, 0.6) is 5.75 Å². The first-order valence-corrected chi connectivity index (χ1v) is 12.0. The zero-order valence-electron chi connectivity index (χ0n) is 17.1. The van der Waals surface area contributed by atoms with Crippen molar-refractivity contribution in [3.05, 3.63) is 34.2 Å². The number of methoxy groups -OCH3 is 1. The minimum atomic E-state index is -4.08. The summed E-state index contributed by atoms with van der Waals surface area (Å²) in [5.41, 5.74) is 1.66. The SMILES string of the molecule is CCNC(=O)c1c(NS(=O)(=O)c2cc(NC(C)=O)ccc2OC)sc2c1CCCC2. The Morgan fingerprint density at radius 3 is 2.60 bits per heavy atom. The highest BCUT2D eigenvalue weighted by atomic mass is 32.2. The van der Waals surface area contributed by atoms with Gasteiger partial charge in [-0.1, -0.05) is 0 Å². The van der Waals surface area contributed by atoms with Crippen molar-refractivity contribution >= 4 is 43.9 Å². The number of anilines is 2. The van der Waals surface area contributed by atoms with Gasteiger partial charge in [0, 0.05) is 24.0 Å². The van der Waals surface area contributed by atoms with Crippen LogP contribution in [0.15, 0.2) is 23.1 Å². The van der Waals surface area contributed by atoms with Crippen LogP contribution in [0.4, 0.5) is 10.7 Å². The van der Waals surface area contributed by atoms with Gasteiger partial charge in [0.1, 0.15) is 15.6 Å². The maximum atomic E-state index is 13.2. The van der Waals surface area contributed by atoms with E-state index in [1.54, 1.807) is 6.07 Å². The number of fused-ring (bicyclic) bond motifs is 1. The third-order valence-corrected chi connectivity index (χ3v) is 7.44. The normalized spacial score (nSPS) is 13.3. The van der Waals surface area contributed by atoms with Gasteiger partial charge >= 0.3 is 0 Å². The Kier molecular flexibility index (Phi) is 6.67. The van der Waals surface area contributed by atoms with Gasteiger partial charge in [-0.05, 0) is 56.4 Å². The number of amides is 2. The Hall–Kier alpha value is -2.59. The molecule has 10 heteroatoms. The summed E-state index contributed by atoms with van der Waals surface area (Å²) in [6.07, 6.45) is 3.56. The van der Waals surface area contributed by atoms with Crippen LogP contribution in [0.2, 0.25) is 0 Å². The largest absolute Gasteiger partial charge is 0.495 e. The van der Waals surface area contributed by atoms with Crippen molar-refractivity contribution in [3.63, 3.8) is 0 Å². The predicted octanol–water partition coefficient (Wildman–Crippen LogP) is 3.14. The number of thiophene rings is 1. The van der Waals surface area contributed by atoms with Gasteiger partial charge in [0.05, 0.1) is 12.7 Å². The van der Waals surface area contributed by atoms with E-state index in [-0.39, 0.29) is 22.5 Å². The third kappa shape index (κ3) is 4.59. The molecule has 0 saturated heterocycles. The third-order valence-electron chi connectivity index (χ3n) is 4.74. The number of benzene rings is 1. The van der Waals surface area contributed by atoms with Gasteiger partial charge in [-0.15, -0.1) is 11.3 Å². The minimum Gasteiger partial charge on any atom is -0.495 e. The molecule has 2 aromatic rings. The Labute approximate surface area is 180 Å². The van der Waals surface area contributed by atoms with E-state index >= 15 is 0 Å². The highest BCUT2D eigenvalue weighted by Crippen LogP contribution is 2.40. The van der Waals surface area contributed by atoms with Crippen molar-refractivity contribution in [1.29, 1.82) is 0 Å². The van der Waals surface area contributed by atoms with E-state index < -0.39 is 10.0 Å². The number of carbonyl (C=O) groups excluding carboxylic acids is 2. The van der Waals surface area contributed by atoms with Gasteiger partial charge in [-0.25, -0.2) is 8.42 Å². The predicted molar refractivity (Wildman–Crippen MR) is 117 cm³/mol. The first-order valence-electron chi connectivity index (χ1n) is 9.68. The average molecular weight is 452 g/mol. The molecule has 30 heavy (non-hydrogen) atoms. The second kappa shape index (κ2) is 9.05. The zero-order chi connectivity index (χ0) is 21.9. The van der Waals surface area contributed by atoms with Gasteiger partial charge in [-0.2, -0.15) is 0 Å². The van der Waals surface area contributed by atoms with Crippen molar-refractivity contribution in [2.45, 2.75) is 44.4 Å². The fraction of sp³-hybridized carbons (Fsp3) is 0.400. The van der Waals surface area contributed by atoms with Gasteiger partial charge in [0.15, 0.2) is 0 Å². The summed E-state index contributed by atoms with van der Waals surface area (Å²) in [6, 6.07) is 4.37. The van der Waals surface area contributed by atoms with Crippen molar-refractivity contribution in [3.8, 4) is 5.75 Å². The fourth-order valence-electron chi connectivity index (χ4n) is 3.47. The van der Waals surface area contributed by atoms with Crippen molar-refractivity contribution in [2.24, 2.45) is 0 Å². The molecule has 1 heterocycles. The van der Waals surface area contributed by atoms with Crippen molar-refractivity contribution in [1.82, 2.24) is 5.32 Å². The quantitative estimate of drug-likeness (QED) is 0.598. The van der Waals surface area contributed by atoms with E-state index in [4.69, 9.17) is 4.74 Å². The molecule has 3 rings (SSSR count). The lowest BCUT2D eigenvalue weighted by Crippen LogP contribution is -2.25. The zero-order valence-corrected chi connectivity index (χ0v) is 18.8. The van der Waals surface area contributed by atoms with Gasteiger partial charge in [0.25, 0.3) is 15.9 Å². The second-order valence-corrected chi connectivity index (χ2v) is 9.68. The molecule has 0 bridgehead atoms. The van der Waals surface area contributed by atoms with Crippen LogP contribution in [-0.4, -0.2) is 33.9 Å². The lowest BCUT2D eigenvalue weighted by atomic mass is 9.95. The minimum absolute atomic E-state index is 0.121. The van der Waals surface area contributed by atoms with E-state index in [0.29, 0.717) is 22.8 Å². The standard InChI is InChI=1S/C20H25N3O5S2/c1-4-21-19(25)18-14-7-5-6-8-16(14)29-20(18)23-30(26,27)17-11-13(22-12(2)24)9-10-15(17)28-3/h9-11,23H,4-8H2,1-3H3,(H,21,25)(H,22,24). The number of aryl methyl sites for hydroxylation is 1. The van der Waals surface area contributed by atoms with E-state index in [1.165, 1.54) is 37.5 Å². The summed E-state index contributed by atoms with van der Waals surface area (Å²) in [4.78, 5) is 25.0. The van der Waals surface area contributed by atoms with Crippen molar-refractivity contribution < 1.29 is 22.7 Å². The highest BCUT2D eigenvalue weighted by Gasteiger charge is 2.29. The molecule has 0 saturated carbocycles. The van der Waals surface area contributed by atoms with Crippen LogP contribution in [0, 0.1) is 0 Å². The van der Waals surface area contributed by atoms with Crippen LogP contribution in [-0.2, 0) is 27.7 Å². The topological polar surface area (TPSA) is 114 Å². The number of nitrogens with one attached hydrogen (secondary N) is 3. The molecule has 1 aliphatic rings. The molecule has 0 aliphatic heterocycles. The summed E-state index contributed by atoms with van der Waals surface area (Å²) in [7, 11) is -2.71. The summed E-state index contributed by atoms with van der Waals surface area (Å²) in [5.74, 6) is -0.466. The molecule has 0 unspecified atom stereocenters. The van der Waals surface area contributed by atoms with Crippen LogP contribution < -0.4 is 20.1 Å². The molecule has 2 amide bonds. The summed E-state index contributed by atoms with van der Waals surface area (Å²) >= 11 is 1.30. The van der Waals surface area contributed by atoms with Crippen LogP contribution >= 0.6 is 11.3 Å². The van der Waals surface area contributed by atoms with E-state index in [0.717, 1.165) is 36.1 Å². The molecule has 0 radical (unpaired) electrons. The molecule has 3 N–H and O–H groups in total. The first kappa shape index (κ1) is 22.1. The maximum absolute atomic E-state index is 13.2. The Balaban J connectivity index is 2.04. The van der Waals surface area contributed by atoms with Gasteiger partial charge in [-0.3, -0.25) is 14.3 Å². The monoisotopic (exact) mass is 451 g/mol. The molecule has 0 spiro atoms. The molecule has 1 aromatic heterocycles. The fourth-order valence-corrected chi connectivity index (χ4v) is 6.26. The maximum Gasteiger partial charge on any atom is 0.266 e. The van der Waals surface area contributed by atoms with E-state index in [1.807, 2.05) is 6.92 Å². The Morgan fingerprint density at radius 2 is 1.93 bits per heavy atom. The molecular formula is C20H25N3O5S2. The number of carbonyl (C=O) groups is 2. The smallest absolute Gasteiger partial charge is 0.266 e. The number of ether oxygens (including phenoxy) is 1. The molecule has 0 atom stereocenters. The molecule has 162 valence electrons. The molecule has 8 nitrogen and oxygen atoms in total. The Morgan fingerprint density at radius 1 is 1.20 bits per heavy atom. The second-order valence-electron chi connectivity index (χ2n) is 6.93. The lowest BCUT2D eigenvalue weighted by Gasteiger charge is -2.14. The van der Waals surface area contributed by atoms with Crippen LogP contribution in [0.25, 0.3) is 0 Å². The van der Waals surface area contributed by atoms with Crippen molar-refractivity contribution in [2.75, 3.05) is 23.7 Å². The lowest BCUT2D eigenvalue weighted by molar-refractivity contribution is -0.114. The van der Waals surface area contributed by atoms with E-state index in [9.17, 15) is 18.0 Å². The van der Waals surface area contributed by atoms with Gasteiger partial charge < -0.3 is 15.4 Å². The molecule has 0 fully saturated rings. The average Bonchev–Trinajstić information content (AvgIpc) is 3.04. The number of hydrogen-bond acceptors (Lipinski definition) is 6. The Bertz CT molecular complexity index is 1080. The first-order chi connectivity index (χ1) is 14.3.